The predicted octanol–water partition coefficient (Wildman–Crippen LogP) is 4.66. The third-order valence-corrected chi connectivity index (χ3v) is 4.08. The van der Waals surface area contributed by atoms with Crippen LogP contribution in [0, 0.1) is 6.92 Å². The Labute approximate surface area is 157 Å². The molecule has 0 spiro atoms. The van der Waals surface area contributed by atoms with E-state index in [0.29, 0.717) is 16.3 Å². The highest BCUT2D eigenvalue weighted by Gasteiger charge is 2.17. The maximum absolute atomic E-state index is 12.2. The minimum Gasteiger partial charge on any atom is -0.484 e. The lowest BCUT2D eigenvalue weighted by Gasteiger charge is -2.19. The number of carbonyl (C=O) groups is 2. The molecule has 6 heteroatoms. The summed E-state index contributed by atoms with van der Waals surface area (Å²) >= 11 is 5.89. The molecular weight excluding hydrogens is 354 g/mol. The number of aryl methyl sites for hydroxylation is 1. The van der Waals surface area contributed by atoms with Gasteiger partial charge in [-0.05, 0) is 47.7 Å². The summed E-state index contributed by atoms with van der Waals surface area (Å²) in [4.78, 5) is 23.6. The van der Waals surface area contributed by atoms with Crippen LogP contribution in [-0.2, 0) is 10.2 Å². The van der Waals surface area contributed by atoms with Crippen molar-refractivity contribution < 1.29 is 19.4 Å². The Balaban J connectivity index is 2.10. The number of ether oxygens (including phenoxy) is 1. The fraction of sp³-hybridized carbons (Fsp3) is 0.300. The molecule has 26 heavy (non-hydrogen) atoms. The van der Waals surface area contributed by atoms with Crippen LogP contribution in [0.3, 0.4) is 0 Å². The number of carbonyl (C=O) groups excluding carboxylic acids is 1. The summed E-state index contributed by atoms with van der Waals surface area (Å²) in [7, 11) is 0. The van der Waals surface area contributed by atoms with E-state index in [1.165, 1.54) is 6.07 Å². The van der Waals surface area contributed by atoms with Crippen molar-refractivity contribution in [2.75, 3.05) is 11.9 Å². The van der Waals surface area contributed by atoms with Crippen molar-refractivity contribution in [3.05, 3.63) is 58.1 Å². The lowest BCUT2D eigenvalue weighted by atomic mass is 9.87. The Morgan fingerprint density at radius 1 is 1.19 bits per heavy atom. The maximum atomic E-state index is 12.2. The lowest BCUT2D eigenvalue weighted by Crippen LogP contribution is -2.22. The zero-order chi connectivity index (χ0) is 19.5. The fourth-order valence-electron chi connectivity index (χ4n) is 2.45. The van der Waals surface area contributed by atoms with E-state index in [9.17, 15) is 14.7 Å². The number of benzene rings is 2. The minimum atomic E-state index is -1.16. The van der Waals surface area contributed by atoms with Gasteiger partial charge in [0.25, 0.3) is 5.91 Å². The van der Waals surface area contributed by atoms with Crippen LogP contribution in [0.25, 0.3) is 0 Å². The van der Waals surface area contributed by atoms with Gasteiger partial charge in [-0.3, -0.25) is 4.79 Å². The van der Waals surface area contributed by atoms with Crippen LogP contribution in [0.4, 0.5) is 5.69 Å². The zero-order valence-electron chi connectivity index (χ0n) is 15.2. The summed E-state index contributed by atoms with van der Waals surface area (Å²) in [6.45, 7) is 7.73. The summed E-state index contributed by atoms with van der Waals surface area (Å²) < 4.78 is 5.55. The van der Waals surface area contributed by atoms with Crippen LogP contribution in [0.2, 0.25) is 5.02 Å². The average Bonchev–Trinajstić information content (AvgIpc) is 2.54. The summed E-state index contributed by atoms with van der Waals surface area (Å²) in [5.41, 5.74) is 1.80. The molecule has 2 aromatic rings. The number of hydrogen-bond acceptors (Lipinski definition) is 3. The first kappa shape index (κ1) is 19.8. The van der Waals surface area contributed by atoms with Crippen LogP contribution in [0.15, 0.2) is 36.4 Å². The Morgan fingerprint density at radius 3 is 2.50 bits per heavy atom. The van der Waals surface area contributed by atoms with Gasteiger partial charge in [-0.1, -0.05) is 44.5 Å². The van der Waals surface area contributed by atoms with Gasteiger partial charge in [0.2, 0.25) is 0 Å². The van der Waals surface area contributed by atoms with Crippen LogP contribution >= 0.6 is 11.6 Å². The highest BCUT2D eigenvalue weighted by atomic mass is 35.5. The SMILES string of the molecule is Cc1cc(Cl)cc(C(=O)O)c1NC(=O)COc1cccc(C(C)(C)C)c1. The Kier molecular flexibility index (Phi) is 5.93. The van der Waals surface area contributed by atoms with Crippen molar-refractivity contribution in [2.24, 2.45) is 0 Å². The number of aromatic carboxylic acids is 1. The number of halogens is 1. The molecule has 0 aliphatic heterocycles. The maximum Gasteiger partial charge on any atom is 0.337 e. The van der Waals surface area contributed by atoms with Gasteiger partial charge < -0.3 is 15.2 Å². The van der Waals surface area contributed by atoms with E-state index < -0.39 is 11.9 Å². The molecular formula is C20H22ClNO4. The van der Waals surface area contributed by atoms with Crippen molar-refractivity contribution in [1.29, 1.82) is 0 Å². The van der Waals surface area contributed by atoms with Gasteiger partial charge >= 0.3 is 5.97 Å². The molecule has 1 amide bonds. The molecule has 0 aromatic heterocycles. The van der Waals surface area contributed by atoms with Crippen LogP contribution in [-0.4, -0.2) is 23.6 Å². The Morgan fingerprint density at radius 2 is 1.88 bits per heavy atom. The molecule has 0 aliphatic carbocycles. The van der Waals surface area contributed by atoms with Crippen molar-refractivity contribution in [2.45, 2.75) is 33.1 Å². The van der Waals surface area contributed by atoms with E-state index in [-0.39, 0.29) is 23.3 Å². The normalized spacial score (nSPS) is 11.1. The largest absolute Gasteiger partial charge is 0.484 e. The van der Waals surface area contributed by atoms with Crippen molar-refractivity contribution in [3.8, 4) is 5.75 Å². The van der Waals surface area contributed by atoms with Crippen molar-refractivity contribution in [1.82, 2.24) is 0 Å². The molecule has 0 radical (unpaired) electrons. The third-order valence-electron chi connectivity index (χ3n) is 3.87. The van der Waals surface area contributed by atoms with Gasteiger partial charge in [0, 0.05) is 5.02 Å². The minimum absolute atomic E-state index is 0.0293. The number of anilines is 1. The average molecular weight is 376 g/mol. The van der Waals surface area contributed by atoms with Crippen molar-refractivity contribution >= 4 is 29.2 Å². The monoisotopic (exact) mass is 375 g/mol. The van der Waals surface area contributed by atoms with E-state index in [0.717, 1.165) is 5.56 Å². The first-order valence-electron chi connectivity index (χ1n) is 8.14. The quantitative estimate of drug-likeness (QED) is 0.796. The Bertz CT molecular complexity index is 840. The number of carboxylic acids is 1. The summed E-state index contributed by atoms with van der Waals surface area (Å²) in [6.07, 6.45) is 0. The molecule has 0 saturated carbocycles. The highest BCUT2D eigenvalue weighted by molar-refractivity contribution is 6.31. The lowest BCUT2D eigenvalue weighted by molar-refractivity contribution is -0.118. The molecule has 5 nitrogen and oxygen atoms in total. The molecule has 2 N–H and O–H groups in total. The first-order valence-corrected chi connectivity index (χ1v) is 8.52. The Hall–Kier alpha value is -2.53. The fourth-order valence-corrected chi connectivity index (χ4v) is 2.73. The first-order chi connectivity index (χ1) is 12.1. The van der Waals surface area contributed by atoms with Gasteiger partial charge in [0.15, 0.2) is 6.61 Å². The van der Waals surface area contributed by atoms with Crippen LogP contribution in [0.1, 0.15) is 42.3 Å². The number of nitrogens with one attached hydrogen (secondary N) is 1. The number of carboxylic acid groups (broad SMARTS) is 1. The van der Waals surface area contributed by atoms with Gasteiger partial charge in [-0.2, -0.15) is 0 Å². The molecule has 0 atom stereocenters. The second kappa shape index (κ2) is 7.79. The smallest absolute Gasteiger partial charge is 0.337 e. The molecule has 2 rings (SSSR count). The second-order valence-electron chi connectivity index (χ2n) is 7.07. The molecule has 0 fully saturated rings. The molecule has 2 aromatic carbocycles. The van der Waals surface area contributed by atoms with Gasteiger partial charge in [-0.15, -0.1) is 0 Å². The van der Waals surface area contributed by atoms with Crippen LogP contribution in [0.5, 0.6) is 5.75 Å². The molecule has 138 valence electrons. The van der Waals surface area contributed by atoms with E-state index in [1.807, 2.05) is 18.2 Å². The standard InChI is InChI=1S/C20H22ClNO4/c1-12-8-14(21)10-16(19(24)25)18(12)22-17(23)11-26-15-7-5-6-13(9-15)20(2,3)4/h5-10H,11H2,1-4H3,(H,22,23)(H,24,25). The topological polar surface area (TPSA) is 75.6 Å². The number of rotatable bonds is 5. The molecule has 0 bridgehead atoms. The van der Waals surface area contributed by atoms with E-state index in [4.69, 9.17) is 16.3 Å². The summed E-state index contributed by atoms with van der Waals surface area (Å²) in [5.74, 6) is -1.03. The molecule has 0 unspecified atom stereocenters. The third kappa shape index (κ3) is 4.99. The summed E-state index contributed by atoms with van der Waals surface area (Å²) in [6, 6.07) is 10.4. The molecule has 0 saturated heterocycles. The van der Waals surface area contributed by atoms with Gasteiger partial charge in [0.1, 0.15) is 5.75 Å². The van der Waals surface area contributed by atoms with E-state index in [1.54, 1.807) is 19.1 Å². The molecule has 0 heterocycles. The van der Waals surface area contributed by atoms with Gasteiger partial charge in [-0.25, -0.2) is 4.79 Å². The van der Waals surface area contributed by atoms with E-state index in [2.05, 4.69) is 26.1 Å². The highest BCUT2D eigenvalue weighted by Crippen LogP contribution is 2.27. The second-order valence-corrected chi connectivity index (χ2v) is 7.50. The van der Waals surface area contributed by atoms with Crippen LogP contribution < -0.4 is 10.1 Å². The zero-order valence-corrected chi connectivity index (χ0v) is 16.0. The predicted molar refractivity (Wildman–Crippen MR) is 102 cm³/mol. The van der Waals surface area contributed by atoms with Gasteiger partial charge in [0.05, 0.1) is 11.3 Å². The number of hydrogen-bond donors (Lipinski definition) is 2. The molecule has 0 aliphatic rings. The number of amides is 1. The van der Waals surface area contributed by atoms with Crippen molar-refractivity contribution in [3.63, 3.8) is 0 Å². The van der Waals surface area contributed by atoms with E-state index >= 15 is 0 Å². The summed E-state index contributed by atoms with van der Waals surface area (Å²) in [5, 5.41) is 12.2.